The second-order valence-corrected chi connectivity index (χ2v) is 5.71. The largest absolute Gasteiger partial charge is 0.376 e. The van der Waals surface area contributed by atoms with Crippen LogP contribution in [0, 0.1) is 0 Å². The van der Waals surface area contributed by atoms with Crippen LogP contribution in [0.2, 0.25) is 0 Å². The van der Waals surface area contributed by atoms with Crippen LogP contribution in [0.1, 0.15) is 19.8 Å². The molecule has 0 spiro atoms. The van der Waals surface area contributed by atoms with Crippen molar-refractivity contribution < 1.29 is 9.53 Å². The summed E-state index contributed by atoms with van der Waals surface area (Å²) in [5.74, 6) is 0.561. The fraction of sp³-hybridized carbons (Fsp3) is 0.714. The number of urea groups is 1. The van der Waals surface area contributed by atoms with Crippen molar-refractivity contribution in [1.82, 2.24) is 20.0 Å². The molecule has 1 aliphatic heterocycles. The summed E-state index contributed by atoms with van der Waals surface area (Å²) in [7, 11) is 4.03. The first-order valence-electron chi connectivity index (χ1n) is 7.42. The number of hydrogen-bond acceptors (Lipinski definition) is 4. The molecule has 7 heteroatoms. The average molecular weight is 295 g/mol. The van der Waals surface area contributed by atoms with E-state index in [2.05, 4.69) is 20.6 Å². The van der Waals surface area contributed by atoms with Gasteiger partial charge in [0.15, 0.2) is 5.82 Å². The van der Waals surface area contributed by atoms with E-state index in [4.69, 9.17) is 4.74 Å². The number of likely N-dealkylation sites (N-methyl/N-ethyl adjacent to an activating group) is 1. The molecule has 1 fully saturated rings. The summed E-state index contributed by atoms with van der Waals surface area (Å²) < 4.78 is 7.38. The summed E-state index contributed by atoms with van der Waals surface area (Å²) in [6.45, 7) is 4.45. The highest BCUT2D eigenvalue weighted by atomic mass is 16.5. The Hall–Kier alpha value is -1.60. The number of hydrogen-bond donors (Lipinski definition) is 2. The summed E-state index contributed by atoms with van der Waals surface area (Å²) in [6.07, 6.45) is 4.05. The molecule has 2 atom stereocenters. The van der Waals surface area contributed by atoms with E-state index in [1.54, 1.807) is 6.07 Å². The number of carbonyl (C=O) groups is 1. The lowest BCUT2D eigenvalue weighted by molar-refractivity contribution is 0.0868. The van der Waals surface area contributed by atoms with Gasteiger partial charge in [0.1, 0.15) is 0 Å². The van der Waals surface area contributed by atoms with E-state index in [-0.39, 0.29) is 18.2 Å². The molecule has 1 saturated heterocycles. The Morgan fingerprint density at radius 2 is 2.43 bits per heavy atom. The SMILES string of the molecule is CC(NC(=O)Nc1ccn(CCN(C)C)n1)C1CCCO1. The molecule has 2 heterocycles. The van der Waals surface area contributed by atoms with Crippen molar-refractivity contribution in [1.29, 1.82) is 0 Å². The van der Waals surface area contributed by atoms with Gasteiger partial charge in [0.2, 0.25) is 0 Å². The Morgan fingerprint density at radius 3 is 3.10 bits per heavy atom. The van der Waals surface area contributed by atoms with Gasteiger partial charge in [-0.15, -0.1) is 0 Å². The normalized spacial score (nSPS) is 19.7. The van der Waals surface area contributed by atoms with Crippen LogP contribution in [-0.4, -0.2) is 60.1 Å². The fourth-order valence-electron chi connectivity index (χ4n) is 2.30. The maximum absolute atomic E-state index is 11.9. The number of nitrogens with one attached hydrogen (secondary N) is 2. The Bertz CT molecular complexity index is 454. The van der Waals surface area contributed by atoms with E-state index in [0.29, 0.717) is 5.82 Å². The van der Waals surface area contributed by atoms with Crippen molar-refractivity contribution in [2.24, 2.45) is 0 Å². The van der Waals surface area contributed by atoms with Gasteiger partial charge >= 0.3 is 6.03 Å². The van der Waals surface area contributed by atoms with E-state index in [1.807, 2.05) is 31.9 Å². The fourth-order valence-corrected chi connectivity index (χ4v) is 2.30. The minimum atomic E-state index is -0.240. The molecular weight excluding hydrogens is 270 g/mol. The van der Waals surface area contributed by atoms with Gasteiger partial charge in [-0.1, -0.05) is 0 Å². The Balaban J connectivity index is 1.76. The number of aromatic nitrogens is 2. The van der Waals surface area contributed by atoms with E-state index in [1.165, 1.54) is 0 Å². The lowest BCUT2D eigenvalue weighted by Crippen LogP contribution is -2.43. The standard InChI is InChI=1S/C14H25N5O2/c1-11(12-5-4-10-21-12)15-14(20)16-13-6-7-19(17-13)9-8-18(2)3/h6-7,11-12H,4-5,8-10H2,1-3H3,(H2,15,16,17,20). The topological polar surface area (TPSA) is 71.4 Å². The summed E-state index contributed by atoms with van der Waals surface area (Å²) >= 11 is 0. The monoisotopic (exact) mass is 295 g/mol. The quantitative estimate of drug-likeness (QED) is 0.825. The molecule has 0 aromatic carbocycles. The summed E-state index contributed by atoms with van der Waals surface area (Å²) in [5, 5.41) is 9.96. The van der Waals surface area contributed by atoms with Crippen molar-refractivity contribution in [3.63, 3.8) is 0 Å². The molecule has 1 aromatic heterocycles. The predicted octanol–water partition coefficient (Wildman–Crippen LogP) is 1.13. The van der Waals surface area contributed by atoms with E-state index in [0.717, 1.165) is 32.5 Å². The lowest BCUT2D eigenvalue weighted by atomic mass is 10.1. The number of carbonyl (C=O) groups excluding carboxylic acids is 1. The maximum atomic E-state index is 11.9. The molecule has 1 aromatic rings. The summed E-state index contributed by atoms with van der Waals surface area (Å²) in [6, 6.07) is 1.56. The molecule has 2 amide bonds. The molecule has 7 nitrogen and oxygen atoms in total. The maximum Gasteiger partial charge on any atom is 0.320 e. The van der Waals surface area contributed by atoms with Crippen LogP contribution in [0.5, 0.6) is 0 Å². The van der Waals surface area contributed by atoms with Crippen LogP contribution in [0.15, 0.2) is 12.3 Å². The molecule has 21 heavy (non-hydrogen) atoms. The number of rotatable bonds is 6. The highest BCUT2D eigenvalue weighted by Crippen LogP contribution is 2.15. The highest BCUT2D eigenvalue weighted by Gasteiger charge is 2.23. The smallest absolute Gasteiger partial charge is 0.320 e. The van der Waals surface area contributed by atoms with Gasteiger partial charge in [0.05, 0.1) is 18.7 Å². The molecule has 0 aliphatic carbocycles. The molecular formula is C14H25N5O2. The van der Waals surface area contributed by atoms with Gasteiger partial charge in [-0.25, -0.2) is 4.79 Å². The number of anilines is 1. The first-order valence-corrected chi connectivity index (χ1v) is 7.42. The van der Waals surface area contributed by atoms with Crippen molar-refractivity contribution >= 4 is 11.8 Å². The van der Waals surface area contributed by atoms with Crippen LogP contribution in [-0.2, 0) is 11.3 Å². The molecule has 2 N–H and O–H groups in total. The third kappa shape index (κ3) is 5.02. The third-order valence-electron chi connectivity index (χ3n) is 3.54. The van der Waals surface area contributed by atoms with Gasteiger partial charge < -0.3 is 15.0 Å². The zero-order valence-electron chi connectivity index (χ0n) is 13.0. The van der Waals surface area contributed by atoms with Crippen LogP contribution in [0.25, 0.3) is 0 Å². The summed E-state index contributed by atoms with van der Waals surface area (Å²) in [4.78, 5) is 14.0. The molecule has 0 radical (unpaired) electrons. The van der Waals surface area contributed by atoms with Gasteiger partial charge in [-0.05, 0) is 33.9 Å². The van der Waals surface area contributed by atoms with Crippen LogP contribution in [0.3, 0.4) is 0 Å². The first kappa shape index (κ1) is 15.8. The van der Waals surface area contributed by atoms with Gasteiger partial charge in [0, 0.05) is 25.4 Å². The number of ether oxygens (including phenoxy) is 1. The Kier molecular flexibility index (Phi) is 5.58. The van der Waals surface area contributed by atoms with Gasteiger partial charge in [-0.2, -0.15) is 5.10 Å². The predicted molar refractivity (Wildman–Crippen MR) is 81.4 cm³/mol. The zero-order valence-corrected chi connectivity index (χ0v) is 13.0. The molecule has 0 bridgehead atoms. The third-order valence-corrected chi connectivity index (χ3v) is 3.54. The Morgan fingerprint density at radius 1 is 1.62 bits per heavy atom. The number of amides is 2. The average Bonchev–Trinajstić information content (AvgIpc) is 3.07. The minimum Gasteiger partial charge on any atom is -0.376 e. The molecule has 2 unspecified atom stereocenters. The highest BCUT2D eigenvalue weighted by molar-refractivity contribution is 5.88. The van der Waals surface area contributed by atoms with Crippen molar-refractivity contribution in [3.05, 3.63) is 12.3 Å². The number of nitrogens with zero attached hydrogens (tertiary/aromatic N) is 3. The van der Waals surface area contributed by atoms with Crippen molar-refractivity contribution in [3.8, 4) is 0 Å². The zero-order chi connectivity index (χ0) is 15.2. The van der Waals surface area contributed by atoms with Gasteiger partial charge in [-0.3, -0.25) is 10.00 Å². The molecule has 1 aliphatic rings. The van der Waals surface area contributed by atoms with E-state index in [9.17, 15) is 4.79 Å². The molecule has 0 saturated carbocycles. The van der Waals surface area contributed by atoms with Crippen molar-refractivity contribution in [2.45, 2.75) is 38.5 Å². The van der Waals surface area contributed by atoms with Crippen LogP contribution in [0.4, 0.5) is 10.6 Å². The van der Waals surface area contributed by atoms with E-state index < -0.39 is 0 Å². The molecule has 2 rings (SSSR count). The second kappa shape index (κ2) is 7.42. The first-order chi connectivity index (χ1) is 10.0. The van der Waals surface area contributed by atoms with E-state index >= 15 is 0 Å². The van der Waals surface area contributed by atoms with Crippen LogP contribution >= 0.6 is 0 Å². The van der Waals surface area contributed by atoms with Gasteiger partial charge in [0.25, 0.3) is 0 Å². The van der Waals surface area contributed by atoms with Crippen molar-refractivity contribution in [2.75, 3.05) is 32.6 Å². The lowest BCUT2D eigenvalue weighted by Gasteiger charge is -2.19. The molecule has 118 valence electrons. The summed E-state index contributed by atoms with van der Waals surface area (Å²) in [5.41, 5.74) is 0. The minimum absolute atomic E-state index is 0.00308. The van der Waals surface area contributed by atoms with Crippen LogP contribution < -0.4 is 10.6 Å². The second-order valence-electron chi connectivity index (χ2n) is 5.71. The Labute approximate surface area is 125 Å².